The van der Waals surface area contributed by atoms with Crippen LogP contribution in [0.25, 0.3) is 0 Å². The van der Waals surface area contributed by atoms with Gasteiger partial charge in [0.25, 0.3) is 0 Å². The molecule has 6 heteroatoms. The molecule has 0 saturated heterocycles. The average molecular weight is 263 g/mol. The van der Waals surface area contributed by atoms with E-state index in [1.165, 1.54) is 6.42 Å². The Bertz CT molecular complexity index is 271. The van der Waals surface area contributed by atoms with Crippen LogP contribution in [0.1, 0.15) is 58.3 Å². The zero-order valence-electron chi connectivity index (χ0n) is 10.3. The maximum absolute atomic E-state index is 10.7. The van der Waals surface area contributed by atoms with Crippen LogP contribution in [0.4, 0.5) is 0 Å². The summed E-state index contributed by atoms with van der Waals surface area (Å²) >= 11 is 0. The Labute approximate surface area is 103 Å². The lowest BCUT2D eigenvalue weighted by atomic mass is 10.1. The molecule has 2 N–H and O–H groups in total. The van der Waals surface area contributed by atoms with Crippen molar-refractivity contribution in [2.24, 2.45) is 0 Å². The zero-order chi connectivity index (χ0) is 13.1. The van der Waals surface area contributed by atoms with E-state index in [2.05, 4.69) is 11.4 Å². The number of unbranched alkanes of at least 4 members (excludes halogenated alkanes) is 4. The van der Waals surface area contributed by atoms with E-state index in [-0.39, 0.29) is 6.42 Å². The number of phosphoric acid groups is 1. The minimum atomic E-state index is -4.43. The molecule has 0 aliphatic heterocycles. The van der Waals surface area contributed by atoms with Gasteiger partial charge in [-0.25, -0.2) is 4.57 Å². The summed E-state index contributed by atoms with van der Waals surface area (Å²) < 4.78 is 15.4. The van der Waals surface area contributed by atoms with Crippen molar-refractivity contribution < 1.29 is 18.9 Å². The van der Waals surface area contributed by atoms with Gasteiger partial charge in [0.15, 0.2) is 0 Å². The molecule has 0 radical (unpaired) electrons. The predicted octanol–water partition coefficient (Wildman–Crippen LogP) is 3.13. The lowest BCUT2D eigenvalue weighted by molar-refractivity contribution is 0.119. The summed E-state index contributed by atoms with van der Waals surface area (Å²) in [6.45, 7) is 2.13. The molecule has 0 aromatic heterocycles. The molecule has 17 heavy (non-hydrogen) atoms. The van der Waals surface area contributed by atoms with Crippen LogP contribution in [-0.4, -0.2) is 15.9 Å². The number of rotatable bonds is 10. The summed E-state index contributed by atoms with van der Waals surface area (Å²) in [5.74, 6) is 0. The molecule has 0 spiro atoms. The lowest BCUT2D eigenvalue weighted by Crippen LogP contribution is -2.11. The fourth-order valence-electron chi connectivity index (χ4n) is 1.65. The molecule has 0 rings (SSSR count). The predicted molar refractivity (Wildman–Crippen MR) is 65.1 cm³/mol. The van der Waals surface area contributed by atoms with Crippen LogP contribution >= 0.6 is 7.82 Å². The molecule has 1 unspecified atom stereocenters. The van der Waals surface area contributed by atoms with Gasteiger partial charge in [-0.15, -0.1) is 0 Å². The lowest BCUT2D eigenvalue weighted by Gasteiger charge is -2.16. The number of hydrogen-bond donors (Lipinski definition) is 2. The molecule has 0 bridgehead atoms. The van der Waals surface area contributed by atoms with Crippen molar-refractivity contribution in [3.05, 3.63) is 0 Å². The van der Waals surface area contributed by atoms with Gasteiger partial charge in [0.1, 0.15) is 0 Å². The van der Waals surface area contributed by atoms with Crippen LogP contribution in [-0.2, 0) is 9.09 Å². The van der Waals surface area contributed by atoms with Crippen molar-refractivity contribution in [1.29, 1.82) is 5.26 Å². The largest absolute Gasteiger partial charge is 0.469 e. The summed E-state index contributed by atoms with van der Waals surface area (Å²) in [5, 5.41) is 8.46. The Balaban J connectivity index is 3.86. The molecule has 0 aliphatic rings. The van der Waals surface area contributed by atoms with E-state index < -0.39 is 13.9 Å². The van der Waals surface area contributed by atoms with Crippen LogP contribution in [0.5, 0.6) is 0 Å². The summed E-state index contributed by atoms with van der Waals surface area (Å²) in [7, 11) is -4.43. The van der Waals surface area contributed by atoms with Crippen molar-refractivity contribution in [2.45, 2.75) is 64.4 Å². The van der Waals surface area contributed by atoms with Gasteiger partial charge in [-0.05, 0) is 12.8 Å². The van der Waals surface area contributed by atoms with Crippen LogP contribution in [0.2, 0.25) is 0 Å². The van der Waals surface area contributed by atoms with Crippen LogP contribution < -0.4 is 0 Å². The highest BCUT2D eigenvalue weighted by atomic mass is 31.2. The minimum absolute atomic E-state index is 0.264. The van der Waals surface area contributed by atoms with Crippen LogP contribution in [0, 0.1) is 11.3 Å². The second-order valence-electron chi connectivity index (χ2n) is 4.12. The van der Waals surface area contributed by atoms with Gasteiger partial charge in [0.05, 0.1) is 12.2 Å². The summed E-state index contributed by atoms with van der Waals surface area (Å²) in [5.41, 5.74) is 0. The van der Waals surface area contributed by atoms with Gasteiger partial charge >= 0.3 is 7.82 Å². The van der Waals surface area contributed by atoms with Gasteiger partial charge in [-0.2, -0.15) is 5.26 Å². The number of hydrogen-bond acceptors (Lipinski definition) is 3. The van der Waals surface area contributed by atoms with Crippen molar-refractivity contribution in [1.82, 2.24) is 0 Å². The standard InChI is InChI=1S/C11H22NO4P/c1-2-3-4-5-6-8-11(9-7-10-12)16-17(13,14)15/h11H,2-9H2,1H3,(H2,13,14,15). The first-order chi connectivity index (χ1) is 7.99. The number of phosphoric ester groups is 1. The molecule has 100 valence electrons. The van der Waals surface area contributed by atoms with Crippen molar-refractivity contribution in [3.63, 3.8) is 0 Å². The molecule has 1 atom stereocenters. The number of nitriles is 1. The Morgan fingerprint density at radius 3 is 2.41 bits per heavy atom. The third-order valence-electron chi connectivity index (χ3n) is 2.49. The smallest absolute Gasteiger partial charge is 0.303 e. The molecule has 0 amide bonds. The van der Waals surface area contributed by atoms with Crippen LogP contribution in [0.3, 0.4) is 0 Å². The van der Waals surface area contributed by atoms with E-state index in [0.717, 1.165) is 25.7 Å². The van der Waals surface area contributed by atoms with Crippen molar-refractivity contribution in [3.8, 4) is 6.07 Å². The zero-order valence-corrected chi connectivity index (χ0v) is 11.2. The highest BCUT2D eigenvalue weighted by molar-refractivity contribution is 7.46. The average Bonchev–Trinajstić information content (AvgIpc) is 2.23. The topological polar surface area (TPSA) is 90.5 Å². The maximum atomic E-state index is 10.7. The second kappa shape index (κ2) is 9.61. The molecule has 0 saturated carbocycles. The maximum Gasteiger partial charge on any atom is 0.469 e. The molecule has 0 aromatic rings. The summed E-state index contributed by atoms with van der Waals surface area (Å²) in [6.07, 6.45) is 6.16. The first-order valence-electron chi connectivity index (χ1n) is 6.10. The second-order valence-corrected chi connectivity index (χ2v) is 5.31. The monoisotopic (exact) mass is 263 g/mol. The Kier molecular flexibility index (Phi) is 9.39. The van der Waals surface area contributed by atoms with Gasteiger partial charge in [0.2, 0.25) is 0 Å². The summed E-state index contributed by atoms with van der Waals surface area (Å²) in [6, 6.07) is 1.96. The molecule has 5 nitrogen and oxygen atoms in total. The Hall–Kier alpha value is -0.400. The molecule has 0 fully saturated rings. The fraction of sp³-hybridized carbons (Fsp3) is 0.909. The van der Waals surface area contributed by atoms with Crippen molar-refractivity contribution >= 4 is 7.82 Å². The highest BCUT2D eigenvalue weighted by Gasteiger charge is 2.21. The van der Waals surface area contributed by atoms with Gasteiger partial charge in [0, 0.05) is 6.42 Å². The Morgan fingerprint density at radius 1 is 1.24 bits per heavy atom. The quantitative estimate of drug-likeness (QED) is 0.466. The fourth-order valence-corrected chi connectivity index (χ4v) is 2.24. The third-order valence-corrected chi connectivity index (χ3v) is 3.07. The van der Waals surface area contributed by atoms with E-state index in [1.807, 2.05) is 6.07 Å². The molecular formula is C11H22NO4P. The van der Waals surface area contributed by atoms with E-state index in [1.54, 1.807) is 0 Å². The van der Waals surface area contributed by atoms with E-state index in [4.69, 9.17) is 15.0 Å². The van der Waals surface area contributed by atoms with E-state index >= 15 is 0 Å². The highest BCUT2D eigenvalue weighted by Crippen LogP contribution is 2.39. The third kappa shape index (κ3) is 11.9. The Morgan fingerprint density at radius 2 is 1.88 bits per heavy atom. The first kappa shape index (κ1) is 16.6. The van der Waals surface area contributed by atoms with Gasteiger partial charge < -0.3 is 9.79 Å². The molecule has 0 aromatic carbocycles. The number of nitrogens with zero attached hydrogens (tertiary/aromatic N) is 1. The van der Waals surface area contributed by atoms with Gasteiger partial charge in [-0.1, -0.05) is 39.0 Å². The van der Waals surface area contributed by atoms with Gasteiger partial charge in [-0.3, -0.25) is 4.52 Å². The van der Waals surface area contributed by atoms with E-state index in [0.29, 0.717) is 12.8 Å². The normalized spacial score (nSPS) is 13.3. The molecule has 0 aliphatic carbocycles. The summed E-state index contributed by atoms with van der Waals surface area (Å²) in [4.78, 5) is 17.5. The van der Waals surface area contributed by atoms with Crippen LogP contribution in [0.15, 0.2) is 0 Å². The minimum Gasteiger partial charge on any atom is -0.303 e. The van der Waals surface area contributed by atoms with E-state index in [9.17, 15) is 4.57 Å². The van der Waals surface area contributed by atoms with Crippen molar-refractivity contribution in [2.75, 3.05) is 0 Å². The first-order valence-corrected chi connectivity index (χ1v) is 7.63. The molecule has 0 heterocycles. The molecular weight excluding hydrogens is 241 g/mol. The SMILES string of the molecule is CCCCCCCC(CCC#N)OP(=O)(O)O.